The second kappa shape index (κ2) is 8.74. The van der Waals surface area contributed by atoms with Gasteiger partial charge in [0.1, 0.15) is 11.6 Å². The smallest absolute Gasteiger partial charge is 0.235 e. The van der Waals surface area contributed by atoms with E-state index in [1.807, 2.05) is 41.2 Å². The molecule has 0 radical (unpaired) electrons. The van der Waals surface area contributed by atoms with Crippen LogP contribution in [0.2, 0.25) is 0 Å². The average Bonchev–Trinajstić information content (AvgIpc) is 3.06. The first kappa shape index (κ1) is 19.6. The van der Waals surface area contributed by atoms with Gasteiger partial charge in [-0.15, -0.1) is 11.8 Å². The summed E-state index contributed by atoms with van der Waals surface area (Å²) in [6, 6.07) is 18.7. The lowest BCUT2D eigenvalue weighted by atomic mass is 10.1. The van der Waals surface area contributed by atoms with E-state index in [-0.39, 0.29) is 17.2 Å². The van der Waals surface area contributed by atoms with Gasteiger partial charge in [0, 0.05) is 18.0 Å². The van der Waals surface area contributed by atoms with E-state index < -0.39 is 0 Å². The molecule has 1 amide bonds. The monoisotopic (exact) mass is 407 g/mol. The lowest BCUT2D eigenvalue weighted by Gasteiger charge is -2.16. The van der Waals surface area contributed by atoms with Crippen molar-refractivity contribution in [3.8, 4) is 5.75 Å². The Balaban J connectivity index is 1.48. The number of carbonyl (C=O) groups excluding carboxylic acids is 1. The van der Waals surface area contributed by atoms with Crippen molar-refractivity contribution in [1.82, 2.24) is 9.78 Å². The van der Waals surface area contributed by atoms with Gasteiger partial charge < -0.3 is 10.1 Å². The molecule has 0 unspecified atom stereocenters. The van der Waals surface area contributed by atoms with Crippen molar-refractivity contribution in [3.63, 3.8) is 0 Å². The summed E-state index contributed by atoms with van der Waals surface area (Å²) in [7, 11) is 0. The van der Waals surface area contributed by atoms with Gasteiger partial charge in [0.05, 0.1) is 23.8 Å². The predicted octanol–water partition coefficient (Wildman–Crippen LogP) is 4.86. The summed E-state index contributed by atoms with van der Waals surface area (Å²) in [5, 5.41) is 7.59. The summed E-state index contributed by atoms with van der Waals surface area (Å²) in [5.41, 5.74) is 3.46. The number of hydrogen-bond acceptors (Lipinski definition) is 4. The molecule has 0 saturated carbocycles. The highest BCUT2D eigenvalue weighted by Crippen LogP contribution is 2.42. The number of nitrogens with zero attached hydrogens (tertiary/aromatic N) is 2. The predicted molar refractivity (Wildman–Crippen MR) is 118 cm³/mol. The molecule has 0 spiro atoms. The first-order valence-electron chi connectivity index (χ1n) is 9.87. The number of ether oxygens (including phenoxy) is 1. The number of thioether (sulfide) groups is 1. The molecule has 4 rings (SSSR count). The van der Waals surface area contributed by atoms with Crippen molar-refractivity contribution in [1.29, 1.82) is 0 Å². The Morgan fingerprint density at radius 3 is 2.66 bits per heavy atom. The van der Waals surface area contributed by atoms with Gasteiger partial charge in [-0.05, 0) is 37.1 Å². The molecule has 3 aromatic rings. The number of hydrogen-bond donors (Lipinski definition) is 1. The summed E-state index contributed by atoms with van der Waals surface area (Å²) in [4.78, 5) is 12.2. The second-order valence-electron chi connectivity index (χ2n) is 7.38. The molecule has 0 fully saturated rings. The molecule has 1 atom stereocenters. The van der Waals surface area contributed by atoms with Crippen LogP contribution >= 0.6 is 11.8 Å². The third-order valence-corrected chi connectivity index (χ3v) is 6.21. The van der Waals surface area contributed by atoms with E-state index in [4.69, 9.17) is 4.74 Å². The second-order valence-corrected chi connectivity index (χ2v) is 8.47. The Labute approximate surface area is 175 Å². The molecule has 1 aliphatic heterocycles. The third kappa shape index (κ3) is 4.48. The zero-order valence-electron chi connectivity index (χ0n) is 16.7. The van der Waals surface area contributed by atoms with Crippen LogP contribution in [0.3, 0.4) is 0 Å². The van der Waals surface area contributed by atoms with E-state index in [1.54, 1.807) is 11.8 Å². The topological polar surface area (TPSA) is 56.2 Å². The minimum atomic E-state index is 0.0158. The Bertz CT molecular complexity index is 968. The SMILES string of the molecule is CC(C)n1ncc2c1NC(=O)CS[C@H]2c1ccc(OCCc2ccccc2)cc1. The highest BCUT2D eigenvalue weighted by Gasteiger charge is 2.28. The van der Waals surface area contributed by atoms with Crippen LogP contribution in [0, 0.1) is 0 Å². The quantitative estimate of drug-likeness (QED) is 0.634. The number of carbonyl (C=O) groups is 1. The van der Waals surface area contributed by atoms with Gasteiger partial charge in [0.2, 0.25) is 5.91 Å². The molecule has 6 heteroatoms. The fourth-order valence-corrected chi connectivity index (χ4v) is 4.54. The van der Waals surface area contributed by atoms with Gasteiger partial charge in [0.25, 0.3) is 0 Å². The van der Waals surface area contributed by atoms with Crippen LogP contribution in [0.25, 0.3) is 0 Å². The highest BCUT2D eigenvalue weighted by molar-refractivity contribution is 8.00. The molecular formula is C23H25N3O2S. The summed E-state index contributed by atoms with van der Waals surface area (Å²) < 4.78 is 7.79. The Kier molecular flexibility index (Phi) is 5.90. The van der Waals surface area contributed by atoms with Gasteiger partial charge >= 0.3 is 0 Å². The maximum Gasteiger partial charge on any atom is 0.235 e. The summed E-state index contributed by atoms with van der Waals surface area (Å²) in [5.74, 6) is 2.10. The molecule has 0 aliphatic carbocycles. The fourth-order valence-electron chi connectivity index (χ4n) is 3.45. The summed E-state index contributed by atoms with van der Waals surface area (Å²) in [6.07, 6.45) is 2.76. The summed E-state index contributed by atoms with van der Waals surface area (Å²) in [6.45, 7) is 4.77. The van der Waals surface area contributed by atoms with Crippen molar-refractivity contribution in [2.24, 2.45) is 0 Å². The Morgan fingerprint density at radius 2 is 1.93 bits per heavy atom. The van der Waals surface area contributed by atoms with Gasteiger partial charge in [-0.3, -0.25) is 4.79 Å². The minimum Gasteiger partial charge on any atom is -0.493 e. The lowest BCUT2D eigenvalue weighted by Crippen LogP contribution is -2.17. The molecule has 1 N–H and O–H groups in total. The summed E-state index contributed by atoms with van der Waals surface area (Å²) >= 11 is 1.63. The van der Waals surface area contributed by atoms with E-state index in [2.05, 4.69) is 48.5 Å². The lowest BCUT2D eigenvalue weighted by molar-refractivity contribution is -0.113. The van der Waals surface area contributed by atoms with Crippen LogP contribution < -0.4 is 10.1 Å². The van der Waals surface area contributed by atoms with Gasteiger partial charge in [-0.1, -0.05) is 42.5 Å². The van der Waals surface area contributed by atoms with Crippen LogP contribution in [-0.4, -0.2) is 28.0 Å². The standard InChI is InChI=1S/C23H25N3O2S/c1-16(2)26-23-20(14-24-26)22(29-15-21(27)25-23)18-8-10-19(11-9-18)28-13-12-17-6-4-3-5-7-17/h3-11,14,16,22H,12-13,15H2,1-2H3,(H,25,27)/t22-/m0/s1. The zero-order valence-corrected chi connectivity index (χ0v) is 17.5. The molecule has 150 valence electrons. The van der Waals surface area contributed by atoms with Crippen LogP contribution in [0.5, 0.6) is 5.75 Å². The molecule has 2 aromatic carbocycles. The van der Waals surface area contributed by atoms with Crippen LogP contribution in [0.4, 0.5) is 5.82 Å². The molecule has 0 bridgehead atoms. The van der Waals surface area contributed by atoms with Crippen LogP contribution in [-0.2, 0) is 11.2 Å². The van der Waals surface area contributed by atoms with Crippen LogP contribution in [0.15, 0.2) is 60.8 Å². The van der Waals surface area contributed by atoms with E-state index in [0.29, 0.717) is 12.4 Å². The molecule has 29 heavy (non-hydrogen) atoms. The molecule has 1 aliphatic rings. The normalized spacial score (nSPS) is 16.2. The largest absolute Gasteiger partial charge is 0.493 e. The molecule has 0 saturated heterocycles. The number of benzene rings is 2. The van der Waals surface area contributed by atoms with Gasteiger partial charge in [-0.25, -0.2) is 4.68 Å². The fraction of sp³-hybridized carbons (Fsp3) is 0.304. The molecule has 2 heterocycles. The van der Waals surface area contributed by atoms with E-state index >= 15 is 0 Å². The van der Waals surface area contributed by atoms with E-state index in [0.717, 1.165) is 29.1 Å². The molecule has 1 aromatic heterocycles. The number of rotatable bonds is 6. The first-order valence-corrected chi connectivity index (χ1v) is 10.9. The van der Waals surface area contributed by atoms with Crippen molar-refractivity contribution < 1.29 is 9.53 Å². The molecular weight excluding hydrogens is 382 g/mol. The maximum absolute atomic E-state index is 12.2. The van der Waals surface area contributed by atoms with Crippen molar-refractivity contribution >= 4 is 23.5 Å². The number of anilines is 1. The van der Waals surface area contributed by atoms with Crippen LogP contribution in [0.1, 0.15) is 41.8 Å². The zero-order chi connectivity index (χ0) is 20.2. The van der Waals surface area contributed by atoms with E-state index in [9.17, 15) is 4.79 Å². The Hall–Kier alpha value is -2.73. The van der Waals surface area contributed by atoms with Crippen molar-refractivity contribution in [3.05, 3.63) is 77.5 Å². The van der Waals surface area contributed by atoms with Gasteiger partial charge in [-0.2, -0.15) is 5.10 Å². The number of amides is 1. The van der Waals surface area contributed by atoms with Crippen molar-refractivity contribution in [2.45, 2.75) is 31.6 Å². The molecule has 5 nitrogen and oxygen atoms in total. The third-order valence-electron chi connectivity index (χ3n) is 4.92. The minimum absolute atomic E-state index is 0.0158. The van der Waals surface area contributed by atoms with Crippen molar-refractivity contribution in [2.75, 3.05) is 17.7 Å². The Morgan fingerprint density at radius 1 is 1.17 bits per heavy atom. The number of aromatic nitrogens is 2. The van der Waals surface area contributed by atoms with E-state index in [1.165, 1.54) is 5.56 Å². The number of nitrogens with one attached hydrogen (secondary N) is 1. The number of fused-ring (bicyclic) bond motifs is 1. The highest BCUT2D eigenvalue weighted by atomic mass is 32.2. The first-order chi connectivity index (χ1) is 14.1. The van der Waals surface area contributed by atoms with Gasteiger partial charge in [0.15, 0.2) is 0 Å². The average molecular weight is 408 g/mol. The maximum atomic E-state index is 12.2.